The fourth-order valence-corrected chi connectivity index (χ4v) is 1.19. The van der Waals surface area contributed by atoms with E-state index in [0.29, 0.717) is 18.4 Å². The van der Waals surface area contributed by atoms with E-state index in [4.69, 9.17) is 0 Å². The summed E-state index contributed by atoms with van der Waals surface area (Å²) in [5.74, 6) is -5.73. The van der Waals surface area contributed by atoms with Crippen LogP contribution in [0.4, 0.5) is 13.2 Å². The van der Waals surface area contributed by atoms with Gasteiger partial charge in [-0.3, -0.25) is 0 Å². The second kappa shape index (κ2) is 3.49. The van der Waals surface area contributed by atoms with Gasteiger partial charge >= 0.3 is 10.1 Å². The Hall–Kier alpha value is -1.24. The molecule has 1 aromatic rings. The smallest absolute Gasteiger partial charge is 0.306 e. The quantitative estimate of drug-likeness (QED) is 0.566. The van der Waals surface area contributed by atoms with Crippen LogP contribution in [0.3, 0.4) is 0 Å². The van der Waals surface area contributed by atoms with E-state index in [1.807, 2.05) is 0 Å². The lowest BCUT2D eigenvalue weighted by atomic mass is 10.3. The van der Waals surface area contributed by atoms with Gasteiger partial charge < -0.3 is 4.18 Å². The summed E-state index contributed by atoms with van der Waals surface area (Å²) in [5.41, 5.74) is 0. The van der Waals surface area contributed by atoms with Gasteiger partial charge in [0.1, 0.15) is 0 Å². The van der Waals surface area contributed by atoms with Gasteiger partial charge in [-0.1, -0.05) is 0 Å². The molecule has 1 rings (SSSR count). The first-order valence-corrected chi connectivity index (χ1v) is 5.16. The summed E-state index contributed by atoms with van der Waals surface area (Å²) in [6, 6.07) is 1.26. The van der Waals surface area contributed by atoms with Crippen molar-refractivity contribution in [2.45, 2.75) is 0 Å². The molecule has 0 fully saturated rings. The molecular formula is C7H5F3O3S. The zero-order valence-electron chi connectivity index (χ0n) is 6.92. The molecule has 0 saturated heterocycles. The van der Waals surface area contributed by atoms with E-state index in [9.17, 15) is 21.6 Å². The third-order valence-electron chi connectivity index (χ3n) is 1.24. The molecule has 0 aliphatic rings. The molecule has 0 radical (unpaired) electrons. The predicted molar refractivity (Wildman–Crippen MR) is 41.8 cm³/mol. The first kappa shape index (κ1) is 10.8. The molecule has 0 saturated carbocycles. The second-order valence-corrected chi connectivity index (χ2v) is 4.04. The summed E-state index contributed by atoms with van der Waals surface area (Å²) in [4.78, 5) is 0. The number of hydrogen-bond donors (Lipinski definition) is 0. The van der Waals surface area contributed by atoms with E-state index in [1.165, 1.54) is 0 Å². The van der Waals surface area contributed by atoms with Gasteiger partial charge in [0.25, 0.3) is 0 Å². The van der Waals surface area contributed by atoms with E-state index in [1.54, 1.807) is 0 Å². The lowest BCUT2D eigenvalue weighted by molar-refractivity contribution is 0.412. The number of hydrogen-bond acceptors (Lipinski definition) is 3. The van der Waals surface area contributed by atoms with Crippen molar-refractivity contribution in [3.05, 3.63) is 29.6 Å². The van der Waals surface area contributed by atoms with Crippen LogP contribution in [0.1, 0.15) is 0 Å². The Labute approximate surface area is 78.2 Å². The van der Waals surface area contributed by atoms with Gasteiger partial charge in [0.15, 0.2) is 17.4 Å². The molecule has 0 spiro atoms. The Morgan fingerprint density at radius 1 is 1.14 bits per heavy atom. The minimum Gasteiger partial charge on any atom is -0.379 e. The number of halogens is 3. The molecule has 14 heavy (non-hydrogen) atoms. The van der Waals surface area contributed by atoms with Crippen LogP contribution in [0, 0.1) is 17.5 Å². The van der Waals surface area contributed by atoms with Crippen molar-refractivity contribution < 1.29 is 25.8 Å². The van der Waals surface area contributed by atoms with E-state index >= 15 is 0 Å². The normalized spacial score (nSPS) is 11.4. The van der Waals surface area contributed by atoms with Crippen LogP contribution in [-0.4, -0.2) is 14.7 Å². The van der Waals surface area contributed by atoms with Gasteiger partial charge in [-0.25, -0.2) is 8.78 Å². The van der Waals surface area contributed by atoms with Gasteiger partial charge in [0, 0.05) is 0 Å². The van der Waals surface area contributed by atoms with Crippen LogP contribution in [0.15, 0.2) is 12.1 Å². The van der Waals surface area contributed by atoms with Crippen LogP contribution < -0.4 is 4.18 Å². The molecule has 0 aliphatic heterocycles. The Morgan fingerprint density at radius 3 is 2.21 bits per heavy atom. The average Bonchev–Trinajstić information content (AvgIpc) is 2.04. The first-order valence-electron chi connectivity index (χ1n) is 3.34. The number of benzene rings is 1. The highest BCUT2D eigenvalue weighted by atomic mass is 32.2. The van der Waals surface area contributed by atoms with E-state index in [0.717, 1.165) is 0 Å². The molecule has 0 amide bonds. The SMILES string of the molecule is CS(=O)(=O)Oc1ccc(F)c(F)c1F. The highest BCUT2D eigenvalue weighted by Crippen LogP contribution is 2.22. The second-order valence-electron chi connectivity index (χ2n) is 2.46. The van der Waals surface area contributed by atoms with E-state index in [2.05, 4.69) is 4.18 Å². The van der Waals surface area contributed by atoms with Crippen LogP contribution in [0.25, 0.3) is 0 Å². The molecule has 0 atom stereocenters. The van der Waals surface area contributed by atoms with Crippen LogP contribution in [-0.2, 0) is 10.1 Å². The fraction of sp³-hybridized carbons (Fsp3) is 0.143. The molecule has 3 nitrogen and oxygen atoms in total. The van der Waals surface area contributed by atoms with Crippen LogP contribution >= 0.6 is 0 Å². The number of rotatable bonds is 2. The molecule has 0 unspecified atom stereocenters. The minimum absolute atomic E-state index is 0.568. The Kier molecular flexibility index (Phi) is 2.70. The maximum Gasteiger partial charge on any atom is 0.306 e. The molecule has 0 heterocycles. The van der Waals surface area contributed by atoms with Gasteiger partial charge in [-0.15, -0.1) is 0 Å². The summed E-state index contributed by atoms with van der Waals surface area (Å²) in [6.45, 7) is 0. The topological polar surface area (TPSA) is 43.4 Å². The lowest BCUT2D eigenvalue weighted by Crippen LogP contribution is -2.08. The van der Waals surface area contributed by atoms with Gasteiger partial charge in [-0.05, 0) is 12.1 Å². The van der Waals surface area contributed by atoms with Crippen LogP contribution in [0.5, 0.6) is 5.75 Å². The zero-order chi connectivity index (χ0) is 10.9. The molecule has 1 aromatic carbocycles. The van der Waals surface area contributed by atoms with Crippen molar-refractivity contribution in [1.29, 1.82) is 0 Å². The summed E-state index contributed by atoms with van der Waals surface area (Å²) in [7, 11) is -3.96. The van der Waals surface area contributed by atoms with Gasteiger partial charge in [-0.2, -0.15) is 12.8 Å². The Balaban J connectivity index is 3.19. The van der Waals surface area contributed by atoms with Crippen molar-refractivity contribution in [2.24, 2.45) is 0 Å². The van der Waals surface area contributed by atoms with Crippen molar-refractivity contribution in [2.75, 3.05) is 6.26 Å². The van der Waals surface area contributed by atoms with E-state index < -0.39 is 33.3 Å². The Bertz CT molecular complexity index is 455. The minimum atomic E-state index is -3.96. The molecule has 0 aromatic heterocycles. The summed E-state index contributed by atoms with van der Waals surface area (Å²) >= 11 is 0. The zero-order valence-corrected chi connectivity index (χ0v) is 7.74. The summed E-state index contributed by atoms with van der Waals surface area (Å²) in [6.07, 6.45) is 0.660. The maximum absolute atomic E-state index is 12.8. The predicted octanol–water partition coefficient (Wildman–Crippen LogP) is 1.44. The first-order chi connectivity index (χ1) is 6.31. The summed E-state index contributed by atoms with van der Waals surface area (Å²) in [5, 5.41) is 0. The average molecular weight is 226 g/mol. The third-order valence-corrected chi connectivity index (χ3v) is 1.72. The standard InChI is InChI=1S/C7H5F3O3S/c1-14(11,12)13-5-3-2-4(8)6(9)7(5)10/h2-3H,1H3. The third kappa shape index (κ3) is 2.38. The molecule has 7 heteroatoms. The highest BCUT2D eigenvalue weighted by Gasteiger charge is 2.17. The van der Waals surface area contributed by atoms with Crippen molar-refractivity contribution >= 4 is 10.1 Å². The maximum atomic E-state index is 12.8. The van der Waals surface area contributed by atoms with Gasteiger partial charge in [0.2, 0.25) is 5.82 Å². The Morgan fingerprint density at radius 2 is 1.71 bits per heavy atom. The molecular weight excluding hydrogens is 221 g/mol. The highest BCUT2D eigenvalue weighted by molar-refractivity contribution is 7.86. The molecule has 0 bridgehead atoms. The van der Waals surface area contributed by atoms with Crippen LogP contribution in [0.2, 0.25) is 0 Å². The molecule has 0 aliphatic carbocycles. The van der Waals surface area contributed by atoms with Crippen molar-refractivity contribution in [1.82, 2.24) is 0 Å². The monoisotopic (exact) mass is 226 g/mol. The van der Waals surface area contributed by atoms with Gasteiger partial charge in [0.05, 0.1) is 6.26 Å². The fourth-order valence-electron chi connectivity index (χ4n) is 0.736. The van der Waals surface area contributed by atoms with Crippen molar-refractivity contribution in [3.8, 4) is 5.75 Å². The lowest BCUT2D eigenvalue weighted by Gasteiger charge is -2.04. The molecule has 78 valence electrons. The molecule has 0 N–H and O–H groups in total. The largest absolute Gasteiger partial charge is 0.379 e. The van der Waals surface area contributed by atoms with E-state index in [-0.39, 0.29) is 0 Å². The van der Waals surface area contributed by atoms with Crippen molar-refractivity contribution in [3.63, 3.8) is 0 Å². The summed E-state index contributed by atoms with van der Waals surface area (Å²) < 4.78 is 62.8.